The second-order valence-corrected chi connectivity index (χ2v) is 6.91. The maximum atomic E-state index is 8.88. The molecule has 2 radical (unpaired) electrons. The Morgan fingerprint density at radius 3 is 0.467 bits per heavy atom. The summed E-state index contributed by atoms with van der Waals surface area (Å²) in [6.07, 6.45) is 0. The van der Waals surface area contributed by atoms with E-state index in [1.54, 1.807) is 0 Å². The fraction of sp³-hybridized carbons (Fsp3) is 0. The zero-order valence-electron chi connectivity index (χ0n) is 13.0. The molecule has 0 saturated carbocycles. The molecule has 0 heterocycles. The molecule has 0 aliphatic heterocycles. The first-order valence-electron chi connectivity index (χ1n) is 3.70. The van der Waals surface area contributed by atoms with E-state index >= 15 is 0 Å². The van der Waals surface area contributed by atoms with Gasteiger partial charge in [-0.15, -0.1) is 0 Å². The molecule has 30 heavy (non-hydrogen) atoms. The second-order valence-electron chi connectivity index (χ2n) is 2.30. The Balaban J connectivity index is -0.0000000200. The average Bonchev–Trinajstić information content (AvgIpc) is 1.79. The fourth-order valence-corrected chi connectivity index (χ4v) is 0. The van der Waals surface area contributed by atoms with Crippen molar-refractivity contribution in [3.63, 3.8) is 0 Å². The molecule has 0 bridgehead atoms. The molecule has 20 nitrogen and oxygen atoms in total. The van der Waals surface area contributed by atoms with E-state index in [1.165, 1.54) is 0 Å². The molecule has 0 rings (SSSR count). The van der Waals surface area contributed by atoms with Crippen molar-refractivity contribution in [3.05, 3.63) is 0 Å². The third-order valence-electron chi connectivity index (χ3n) is 0. The van der Waals surface area contributed by atoms with Gasteiger partial charge in [-0.1, -0.05) is 0 Å². The Labute approximate surface area is 295 Å². The van der Waals surface area contributed by atoms with Gasteiger partial charge in [0.05, 0.1) is 0 Å². The summed E-state index contributed by atoms with van der Waals surface area (Å²) in [7, 11) is -26.2. The Bertz CT molecular complexity index is 392. The minimum atomic E-state index is -5.39. The van der Waals surface area contributed by atoms with Crippen molar-refractivity contribution in [3.8, 4) is 0 Å². The van der Waals surface area contributed by atoms with Crippen LogP contribution in [-0.4, -0.2) is 14.7 Å². The van der Waals surface area contributed by atoms with Crippen molar-refractivity contribution in [2.24, 2.45) is 0 Å². The molecule has 0 aromatic carbocycles. The smallest absolute Gasteiger partial charge is 0.822 e. The van der Waals surface area contributed by atoms with Gasteiger partial charge in [0.15, 0.2) is 0 Å². The first-order chi connectivity index (χ1) is 10.0. The van der Waals surface area contributed by atoms with Crippen LogP contribution in [0.5, 0.6) is 0 Å². The molecule has 0 aromatic heterocycles. The minimum absolute atomic E-state index is 0. The minimum Gasteiger partial charge on any atom is -0.822 e. The summed E-state index contributed by atoms with van der Waals surface area (Å²) in [6.45, 7) is 0. The molecule has 180 valence electrons. The van der Waals surface area contributed by atoms with Crippen molar-refractivity contribution in [2.75, 3.05) is 0 Å². The molecule has 3 N–H and O–H groups in total. The fourth-order valence-electron chi connectivity index (χ4n) is 0. The Morgan fingerprint density at radius 2 is 0.467 bits per heavy atom. The summed E-state index contributed by atoms with van der Waals surface area (Å²) in [4.78, 5) is 124. The summed E-state index contributed by atoms with van der Waals surface area (Å²) < 4.78 is 43.1. The summed E-state index contributed by atoms with van der Waals surface area (Å²) in [5.41, 5.74) is 0. The molecule has 1 atom stereocenters. The van der Waals surface area contributed by atoms with E-state index in [0.717, 1.165) is 0 Å². The zero-order chi connectivity index (χ0) is 22.5. The van der Waals surface area contributed by atoms with Crippen molar-refractivity contribution in [2.45, 2.75) is 0 Å². The van der Waals surface area contributed by atoms with Gasteiger partial charge >= 0.3 is 164 Å². The first-order valence-corrected chi connectivity index (χ1v) is 11.1. The van der Waals surface area contributed by atoms with Crippen molar-refractivity contribution in [1.82, 2.24) is 0 Å². The summed E-state index contributed by atoms with van der Waals surface area (Å²) in [5, 5.41) is 0. The summed E-state index contributed by atoms with van der Waals surface area (Å²) in [5.74, 6) is 0. The average molecular weight is 1110 g/mol. The van der Waals surface area contributed by atoms with Gasteiger partial charge < -0.3 is 91.7 Å². The molecule has 0 fully saturated rings. The van der Waals surface area contributed by atoms with Gasteiger partial charge in [0.1, 0.15) is 0 Å². The first kappa shape index (κ1) is 65.3. The SMILES string of the molecule is O=P(O)(O)O.O=P([O-])([O-])[O-].O=P([O-])([O-])[O-].O=P([O-])([O-])[O-].O=P([O-])([O-])[O-].P.[Ce+3].[Gd+3].[La+3].[Tb+3]. The number of phosphoric acid groups is 5. The molecule has 0 aliphatic rings. The third-order valence-corrected chi connectivity index (χ3v) is 0. The number of hydrogen-bond acceptors (Lipinski definition) is 17. The van der Waals surface area contributed by atoms with E-state index in [9.17, 15) is 0 Å². The van der Waals surface area contributed by atoms with Crippen LogP contribution in [0.4, 0.5) is 0 Å². The van der Waals surface area contributed by atoms with E-state index in [2.05, 4.69) is 0 Å². The molecular weight excluding hydrogens is 1100 g/mol. The van der Waals surface area contributed by atoms with Gasteiger partial charge in [0.25, 0.3) is 0 Å². The van der Waals surface area contributed by atoms with Gasteiger partial charge in [0, 0.05) is 0 Å². The molecule has 1 unspecified atom stereocenters. The second kappa shape index (κ2) is 31.4. The van der Waals surface area contributed by atoms with Crippen LogP contribution >= 0.6 is 49.0 Å². The van der Waals surface area contributed by atoms with Gasteiger partial charge in [-0.05, 0) is 0 Å². The van der Waals surface area contributed by atoms with Crippen molar-refractivity contribution in [1.29, 1.82) is 0 Å². The Kier molecular flexibility index (Phi) is 68.3. The van der Waals surface area contributed by atoms with Crippen LogP contribution in [0.1, 0.15) is 0 Å². The monoisotopic (exact) mass is 1110 g/mol. The molecule has 0 aromatic rings. The summed E-state index contributed by atoms with van der Waals surface area (Å²) in [6, 6.07) is 0. The van der Waals surface area contributed by atoms with E-state index in [0.29, 0.717) is 0 Å². The molecular formula is H6CeGdLaO20P6Tb. The van der Waals surface area contributed by atoms with Crippen LogP contribution in [0.3, 0.4) is 0 Å². The van der Waals surface area contributed by atoms with Crippen LogP contribution in [0.25, 0.3) is 0 Å². The van der Waals surface area contributed by atoms with E-state index < -0.39 is 39.1 Å². The molecule has 30 heteroatoms. The van der Waals surface area contributed by atoms with Gasteiger partial charge in [-0.2, -0.15) is 41.2 Å². The van der Waals surface area contributed by atoms with Crippen LogP contribution in [-0.2, 0) is 22.8 Å². The largest absolute Gasteiger partial charge is 3.00 e. The van der Waals surface area contributed by atoms with E-state index in [1.807, 2.05) is 0 Å². The van der Waals surface area contributed by atoms with Crippen LogP contribution in [0.15, 0.2) is 0 Å². The molecule has 0 amide bonds. The molecule has 0 spiro atoms. The van der Waals surface area contributed by atoms with E-state index in [4.69, 9.17) is 96.2 Å². The third kappa shape index (κ3) is 989. The maximum Gasteiger partial charge on any atom is 3.00 e. The van der Waals surface area contributed by atoms with Crippen molar-refractivity contribution < 1.29 is 252 Å². The topological polar surface area (TPSA) is 423 Å². The Hall–Kier alpha value is 6.16. The van der Waals surface area contributed by atoms with E-state index in [-0.39, 0.29) is 166 Å². The number of rotatable bonds is 0. The number of hydrogen-bond donors (Lipinski definition) is 3. The Morgan fingerprint density at radius 1 is 0.467 bits per heavy atom. The molecule has 0 saturated heterocycles. The standard InChI is InChI=1S/Ce.Gd.La.5H3O4P.H3P.Tb/c;;;5*1-5(2,3)4;;/h;;;5*(H3,1,2,3,4);1H3;/q3*+3;;;;;;;+3/p-12. The quantitative estimate of drug-likeness (QED) is 0.190. The maximum absolute atomic E-state index is 8.88. The summed E-state index contributed by atoms with van der Waals surface area (Å²) >= 11 is 0. The van der Waals surface area contributed by atoms with Gasteiger partial charge in [0.2, 0.25) is 0 Å². The predicted octanol–water partition coefficient (Wildman–Crippen LogP) is -12.2. The van der Waals surface area contributed by atoms with Gasteiger partial charge in [-0.25, -0.2) is 4.57 Å². The normalized spacial score (nSPS) is 9.83. The van der Waals surface area contributed by atoms with Crippen LogP contribution in [0, 0.1) is 156 Å². The van der Waals surface area contributed by atoms with Crippen LogP contribution in [0.2, 0.25) is 0 Å². The van der Waals surface area contributed by atoms with Crippen molar-refractivity contribution >= 4 is 49.0 Å². The zero-order valence-corrected chi connectivity index (χ0v) is 30.0. The van der Waals surface area contributed by atoms with Crippen LogP contribution < -0.4 is 58.7 Å². The molecule has 0 aliphatic carbocycles. The predicted molar refractivity (Wildman–Crippen MR) is 55.8 cm³/mol. The van der Waals surface area contributed by atoms with Gasteiger partial charge in [-0.3, -0.25) is 0 Å².